The second-order valence-electron chi connectivity index (χ2n) is 6.90. The van der Waals surface area contributed by atoms with Gasteiger partial charge in [-0.2, -0.15) is 4.98 Å². The molecule has 142 valence electrons. The van der Waals surface area contributed by atoms with Crippen LogP contribution < -0.4 is 10.6 Å². The van der Waals surface area contributed by atoms with E-state index in [1.807, 2.05) is 30.3 Å². The Kier molecular flexibility index (Phi) is 8.94. The number of nitrogens with zero attached hydrogens (tertiary/aromatic N) is 2. The maximum atomic E-state index is 4.76. The molecule has 0 atom stereocenters. The molecule has 0 fully saturated rings. The van der Waals surface area contributed by atoms with Gasteiger partial charge in [-0.1, -0.05) is 70.6 Å². The summed E-state index contributed by atoms with van der Waals surface area (Å²) in [6.07, 6.45) is 9.94. The molecule has 2 N–H and O–H groups in total. The Bertz CT molecular complexity index is 640. The highest BCUT2D eigenvalue weighted by molar-refractivity contribution is 5.57. The summed E-state index contributed by atoms with van der Waals surface area (Å²) in [5, 5.41) is 6.88. The first-order chi connectivity index (χ1) is 12.7. The van der Waals surface area contributed by atoms with Gasteiger partial charge in [0.25, 0.3) is 0 Å². The van der Waals surface area contributed by atoms with Crippen LogP contribution in [-0.4, -0.2) is 16.5 Å². The SMILES string of the molecule is CCCCCCCCNc1nc(Nc2ccccc2)nc(C)c1CCC. The predicted octanol–water partition coefficient (Wildman–Crippen LogP) is 6.25. The van der Waals surface area contributed by atoms with Gasteiger partial charge in [0.2, 0.25) is 5.95 Å². The minimum absolute atomic E-state index is 0.666. The first-order valence-electron chi connectivity index (χ1n) is 10.2. The average molecular weight is 355 g/mol. The zero-order valence-electron chi connectivity index (χ0n) is 16.6. The molecular weight excluding hydrogens is 320 g/mol. The number of rotatable bonds is 12. The summed E-state index contributed by atoms with van der Waals surface area (Å²) in [5.41, 5.74) is 3.32. The first-order valence-corrected chi connectivity index (χ1v) is 10.2. The van der Waals surface area contributed by atoms with Crippen LogP contribution in [0.25, 0.3) is 0 Å². The Hall–Kier alpha value is -2.10. The highest BCUT2D eigenvalue weighted by Gasteiger charge is 2.11. The van der Waals surface area contributed by atoms with Gasteiger partial charge in [-0.3, -0.25) is 0 Å². The zero-order chi connectivity index (χ0) is 18.6. The third kappa shape index (κ3) is 6.66. The molecule has 1 aromatic carbocycles. The number of unbranched alkanes of at least 4 members (excludes halogenated alkanes) is 5. The highest BCUT2D eigenvalue weighted by atomic mass is 15.1. The van der Waals surface area contributed by atoms with Crippen molar-refractivity contribution in [1.29, 1.82) is 0 Å². The Labute approximate surface area is 158 Å². The van der Waals surface area contributed by atoms with E-state index in [0.717, 1.165) is 36.6 Å². The summed E-state index contributed by atoms with van der Waals surface area (Å²) in [6, 6.07) is 10.1. The van der Waals surface area contributed by atoms with Crippen LogP contribution in [0.3, 0.4) is 0 Å². The molecular formula is C22H34N4. The largest absolute Gasteiger partial charge is 0.370 e. The van der Waals surface area contributed by atoms with E-state index in [4.69, 9.17) is 4.98 Å². The van der Waals surface area contributed by atoms with Crippen LogP contribution in [0, 0.1) is 6.92 Å². The third-order valence-corrected chi connectivity index (χ3v) is 4.57. The van der Waals surface area contributed by atoms with Crippen molar-refractivity contribution in [2.24, 2.45) is 0 Å². The van der Waals surface area contributed by atoms with Gasteiger partial charge in [0.05, 0.1) is 0 Å². The van der Waals surface area contributed by atoms with Gasteiger partial charge < -0.3 is 10.6 Å². The van der Waals surface area contributed by atoms with Crippen molar-refractivity contribution in [3.05, 3.63) is 41.6 Å². The van der Waals surface area contributed by atoms with Gasteiger partial charge in [0, 0.05) is 23.5 Å². The maximum absolute atomic E-state index is 4.76. The number of aryl methyl sites for hydroxylation is 1. The molecule has 0 bridgehead atoms. The lowest BCUT2D eigenvalue weighted by atomic mass is 10.1. The number of hydrogen-bond donors (Lipinski definition) is 2. The normalized spacial score (nSPS) is 10.7. The van der Waals surface area contributed by atoms with Crippen molar-refractivity contribution in [3.63, 3.8) is 0 Å². The Morgan fingerprint density at radius 2 is 1.58 bits per heavy atom. The van der Waals surface area contributed by atoms with Gasteiger partial charge in [0.1, 0.15) is 5.82 Å². The van der Waals surface area contributed by atoms with Crippen molar-refractivity contribution in [1.82, 2.24) is 9.97 Å². The molecule has 0 saturated heterocycles. The summed E-state index contributed by atoms with van der Waals surface area (Å²) in [4.78, 5) is 9.42. The molecule has 4 heteroatoms. The minimum atomic E-state index is 0.666. The summed E-state index contributed by atoms with van der Waals surface area (Å²) < 4.78 is 0. The lowest BCUT2D eigenvalue weighted by Crippen LogP contribution is -2.11. The van der Waals surface area contributed by atoms with E-state index in [2.05, 4.69) is 36.4 Å². The van der Waals surface area contributed by atoms with Crippen LogP contribution in [0.5, 0.6) is 0 Å². The number of benzene rings is 1. The van der Waals surface area contributed by atoms with Gasteiger partial charge in [-0.15, -0.1) is 0 Å². The van der Waals surface area contributed by atoms with Gasteiger partial charge in [0.15, 0.2) is 0 Å². The van der Waals surface area contributed by atoms with Gasteiger partial charge in [-0.05, 0) is 31.9 Å². The van der Waals surface area contributed by atoms with E-state index in [1.165, 1.54) is 44.1 Å². The summed E-state index contributed by atoms with van der Waals surface area (Å²) >= 11 is 0. The average Bonchev–Trinajstić information content (AvgIpc) is 2.64. The fourth-order valence-electron chi connectivity index (χ4n) is 3.11. The van der Waals surface area contributed by atoms with Crippen LogP contribution in [-0.2, 0) is 6.42 Å². The standard InChI is InChI=1S/C22H34N4/c1-4-6-7-8-9-13-17-23-21-20(14-5-2)18(3)24-22(26-21)25-19-15-11-10-12-16-19/h10-12,15-16H,4-9,13-14,17H2,1-3H3,(H2,23,24,25,26). The number of anilines is 3. The second kappa shape index (κ2) is 11.5. The molecule has 0 amide bonds. The zero-order valence-corrected chi connectivity index (χ0v) is 16.6. The molecule has 1 heterocycles. The number of hydrogen-bond acceptors (Lipinski definition) is 4. The smallest absolute Gasteiger partial charge is 0.229 e. The second-order valence-corrected chi connectivity index (χ2v) is 6.90. The minimum Gasteiger partial charge on any atom is -0.370 e. The Morgan fingerprint density at radius 3 is 2.31 bits per heavy atom. The van der Waals surface area contributed by atoms with E-state index in [1.54, 1.807) is 0 Å². The molecule has 4 nitrogen and oxygen atoms in total. The molecule has 26 heavy (non-hydrogen) atoms. The van der Waals surface area contributed by atoms with E-state index < -0.39 is 0 Å². The Balaban J connectivity index is 1.99. The summed E-state index contributed by atoms with van der Waals surface area (Å²) in [5.74, 6) is 1.66. The molecule has 0 aliphatic rings. The molecule has 0 unspecified atom stereocenters. The number of para-hydroxylation sites is 1. The van der Waals surface area contributed by atoms with E-state index >= 15 is 0 Å². The molecule has 0 aliphatic carbocycles. The van der Waals surface area contributed by atoms with Crippen LogP contribution in [0.1, 0.15) is 70.1 Å². The van der Waals surface area contributed by atoms with Gasteiger partial charge in [-0.25, -0.2) is 4.98 Å². The van der Waals surface area contributed by atoms with E-state index in [-0.39, 0.29) is 0 Å². The molecule has 2 rings (SSSR count). The van der Waals surface area contributed by atoms with Crippen LogP contribution in [0.15, 0.2) is 30.3 Å². The van der Waals surface area contributed by atoms with Crippen LogP contribution in [0.4, 0.5) is 17.5 Å². The van der Waals surface area contributed by atoms with Gasteiger partial charge >= 0.3 is 0 Å². The van der Waals surface area contributed by atoms with Crippen molar-refractivity contribution < 1.29 is 0 Å². The predicted molar refractivity (Wildman–Crippen MR) is 112 cm³/mol. The van der Waals surface area contributed by atoms with Crippen LogP contribution >= 0.6 is 0 Å². The van der Waals surface area contributed by atoms with E-state index in [9.17, 15) is 0 Å². The fraction of sp³-hybridized carbons (Fsp3) is 0.545. The molecule has 0 saturated carbocycles. The maximum Gasteiger partial charge on any atom is 0.229 e. The molecule has 0 radical (unpaired) electrons. The van der Waals surface area contributed by atoms with Crippen LogP contribution in [0.2, 0.25) is 0 Å². The quantitative estimate of drug-likeness (QED) is 0.442. The topological polar surface area (TPSA) is 49.8 Å². The number of nitrogens with one attached hydrogen (secondary N) is 2. The molecule has 0 spiro atoms. The number of aromatic nitrogens is 2. The first kappa shape index (κ1) is 20.2. The van der Waals surface area contributed by atoms with Crippen molar-refractivity contribution in [2.75, 3.05) is 17.2 Å². The van der Waals surface area contributed by atoms with Crippen molar-refractivity contribution in [3.8, 4) is 0 Å². The summed E-state index contributed by atoms with van der Waals surface area (Å²) in [7, 11) is 0. The van der Waals surface area contributed by atoms with Crippen molar-refractivity contribution in [2.45, 2.75) is 72.1 Å². The summed E-state index contributed by atoms with van der Waals surface area (Å²) in [6.45, 7) is 7.52. The Morgan fingerprint density at radius 1 is 0.846 bits per heavy atom. The molecule has 2 aromatic rings. The fourth-order valence-corrected chi connectivity index (χ4v) is 3.11. The molecule has 1 aromatic heterocycles. The van der Waals surface area contributed by atoms with Crippen molar-refractivity contribution >= 4 is 17.5 Å². The lowest BCUT2D eigenvalue weighted by molar-refractivity contribution is 0.616. The monoisotopic (exact) mass is 354 g/mol. The molecule has 0 aliphatic heterocycles. The lowest BCUT2D eigenvalue weighted by Gasteiger charge is -2.15. The third-order valence-electron chi connectivity index (χ3n) is 4.57. The highest BCUT2D eigenvalue weighted by Crippen LogP contribution is 2.22. The van der Waals surface area contributed by atoms with E-state index in [0.29, 0.717) is 5.95 Å².